The number of aliphatic hydroxyl groups excluding tert-OH is 5. The van der Waals surface area contributed by atoms with Crippen LogP contribution in [0.2, 0.25) is 0 Å². The van der Waals surface area contributed by atoms with Gasteiger partial charge in [0, 0.05) is 5.56 Å². The summed E-state index contributed by atoms with van der Waals surface area (Å²) in [6.07, 6.45) is -7.41. The fraction of sp³-hybridized carbons (Fsp3) is 0.500. The minimum absolute atomic E-state index is 0.0429. The predicted octanol–water partition coefficient (Wildman–Crippen LogP) is 0.564. The molecule has 32 heavy (non-hydrogen) atoms. The molecule has 2 aromatic carbocycles. The first kappa shape index (κ1) is 24.6. The van der Waals surface area contributed by atoms with Crippen LogP contribution in [-0.2, 0) is 23.6 Å². The summed E-state index contributed by atoms with van der Waals surface area (Å²) in [7, 11) is 0. The van der Waals surface area contributed by atoms with Gasteiger partial charge in [0.15, 0.2) is 0 Å². The van der Waals surface area contributed by atoms with Crippen molar-refractivity contribution in [1.82, 2.24) is 0 Å². The maximum absolute atomic E-state index is 11.4. The lowest BCUT2D eigenvalue weighted by Gasteiger charge is -2.47. The standard InChI is InChI=1S/C24H32O8/c1-13(2)31-18-8-5-15(6-9-18)10-17-7-4-16(12-25)11-19(17)24(30)23(29)21(28)20(27)22(32-24)14(3)26/h4-9,11,13-14,20-23,25-30H,10,12H2,1-3H3/t14-,20-,21-,22+,23+,24+/m0/s1. The lowest BCUT2D eigenvalue weighted by atomic mass is 9.83. The normalized spacial score (nSPS) is 29.2. The molecule has 0 spiro atoms. The molecule has 0 aliphatic carbocycles. The summed E-state index contributed by atoms with van der Waals surface area (Å²) < 4.78 is 11.3. The summed E-state index contributed by atoms with van der Waals surface area (Å²) in [6, 6.07) is 12.3. The van der Waals surface area contributed by atoms with E-state index in [-0.39, 0.29) is 18.3 Å². The van der Waals surface area contributed by atoms with E-state index >= 15 is 0 Å². The summed E-state index contributed by atoms with van der Waals surface area (Å²) in [6.45, 7) is 4.91. The highest BCUT2D eigenvalue weighted by Gasteiger charge is 2.55. The van der Waals surface area contributed by atoms with Crippen molar-refractivity contribution < 1.29 is 40.1 Å². The smallest absolute Gasteiger partial charge is 0.222 e. The van der Waals surface area contributed by atoms with E-state index in [1.165, 1.54) is 13.0 Å². The number of hydrogen-bond acceptors (Lipinski definition) is 8. The minimum atomic E-state index is -2.42. The average molecular weight is 449 g/mol. The Labute approximate surface area is 187 Å². The van der Waals surface area contributed by atoms with Crippen molar-refractivity contribution in [3.63, 3.8) is 0 Å². The van der Waals surface area contributed by atoms with E-state index in [2.05, 4.69) is 0 Å². The molecule has 0 radical (unpaired) electrons. The van der Waals surface area contributed by atoms with Gasteiger partial charge in [-0.15, -0.1) is 0 Å². The van der Waals surface area contributed by atoms with Gasteiger partial charge in [-0.2, -0.15) is 0 Å². The van der Waals surface area contributed by atoms with E-state index in [0.717, 1.165) is 11.3 Å². The van der Waals surface area contributed by atoms with Crippen molar-refractivity contribution >= 4 is 0 Å². The first-order valence-corrected chi connectivity index (χ1v) is 10.7. The van der Waals surface area contributed by atoms with Gasteiger partial charge in [-0.1, -0.05) is 24.3 Å². The van der Waals surface area contributed by atoms with E-state index < -0.39 is 36.3 Å². The number of benzene rings is 2. The molecule has 6 N–H and O–H groups in total. The zero-order valence-electron chi connectivity index (χ0n) is 18.4. The summed E-state index contributed by atoms with van der Waals surface area (Å²) >= 11 is 0. The second kappa shape index (κ2) is 9.84. The third kappa shape index (κ3) is 4.97. The van der Waals surface area contributed by atoms with Crippen LogP contribution in [-0.4, -0.2) is 67.3 Å². The fourth-order valence-corrected chi connectivity index (χ4v) is 3.95. The van der Waals surface area contributed by atoms with Gasteiger partial charge < -0.3 is 40.1 Å². The number of aliphatic hydroxyl groups is 6. The molecule has 1 aliphatic rings. The molecule has 1 heterocycles. The quantitative estimate of drug-likeness (QED) is 0.361. The molecule has 0 bridgehead atoms. The van der Waals surface area contributed by atoms with E-state index in [4.69, 9.17) is 9.47 Å². The van der Waals surface area contributed by atoms with Crippen LogP contribution in [0.4, 0.5) is 0 Å². The molecule has 8 nitrogen and oxygen atoms in total. The third-order valence-electron chi connectivity index (χ3n) is 5.63. The SMILES string of the molecule is CC(C)Oc1ccc(Cc2ccc(CO)cc2[C@@]2(O)O[C@H]([C@H](C)O)[C@@H](O)[C@H](O)[C@H]2O)cc1. The molecular formula is C24H32O8. The Morgan fingerprint density at radius 2 is 1.59 bits per heavy atom. The van der Waals surface area contributed by atoms with Crippen molar-refractivity contribution in [1.29, 1.82) is 0 Å². The maximum atomic E-state index is 11.4. The first-order valence-electron chi connectivity index (χ1n) is 10.7. The molecule has 0 amide bonds. The topological polar surface area (TPSA) is 140 Å². The fourth-order valence-electron chi connectivity index (χ4n) is 3.95. The third-order valence-corrected chi connectivity index (χ3v) is 5.63. The highest BCUT2D eigenvalue weighted by atomic mass is 16.7. The van der Waals surface area contributed by atoms with Crippen LogP contribution in [0.15, 0.2) is 42.5 Å². The lowest BCUT2D eigenvalue weighted by molar-refractivity contribution is -0.364. The zero-order valence-corrected chi connectivity index (χ0v) is 18.4. The van der Waals surface area contributed by atoms with Crippen molar-refractivity contribution in [3.8, 4) is 5.75 Å². The predicted molar refractivity (Wildman–Crippen MR) is 116 cm³/mol. The van der Waals surface area contributed by atoms with Crippen molar-refractivity contribution in [2.24, 2.45) is 0 Å². The Morgan fingerprint density at radius 3 is 2.16 bits per heavy atom. The van der Waals surface area contributed by atoms with E-state index in [1.807, 2.05) is 38.1 Å². The number of ether oxygens (including phenoxy) is 2. The molecule has 0 saturated carbocycles. The maximum Gasteiger partial charge on any atom is 0.222 e. The minimum Gasteiger partial charge on any atom is -0.491 e. The Hall–Kier alpha value is -2.04. The Bertz CT molecular complexity index is 897. The lowest BCUT2D eigenvalue weighted by Crippen LogP contribution is -2.65. The van der Waals surface area contributed by atoms with Gasteiger partial charge in [-0.25, -0.2) is 0 Å². The summed E-state index contributed by atoms with van der Waals surface area (Å²) in [5.74, 6) is -1.69. The number of hydrogen-bond donors (Lipinski definition) is 6. The van der Waals surface area contributed by atoms with Gasteiger partial charge in [0.1, 0.15) is 30.2 Å². The molecule has 6 atom stereocenters. The Balaban J connectivity index is 2.00. The highest BCUT2D eigenvalue weighted by molar-refractivity contribution is 5.40. The number of rotatable bonds is 7. The summed E-state index contributed by atoms with van der Waals surface area (Å²) in [4.78, 5) is 0. The van der Waals surface area contributed by atoms with Crippen molar-refractivity contribution in [2.45, 2.75) is 76.2 Å². The second-order valence-corrected chi connectivity index (χ2v) is 8.58. The average Bonchev–Trinajstić information content (AvgIpc) is 2.76. The van der Waals surface area contributed by atoms with Crippen LogP contribution in [0.25, 0.3) is 0 Å². The van der Waals surface area contributed by atoms with Crippen LogP contribution in [0, 0.1) is 0 Å². The molecule has 176 valence electrons. The molecular weight excluding hydrogens is 416 g/mol. The van der Waals surface area contributed by atoms with E-state index in [1.54, 1.807) is 12.1 Å². The summed E-state index contributed by atoms with van der Waals surface area (Å²) in [5, 5.41) is 62.2. The molecule has 8 heteroatoms. The molecule has 1 fully saturated rings. The van der Waals surface area contributed by atoms with E-state index in [0.29, 0.717) is 17.5 Å². The first-order chi connectivity index (χ1) is 15.1. The largest absolute Gasteiger partial charge is 0.491 e. The second-order valence-electron chi connectivity index (χ2n) is 8.58. The van der Waals surface area contributed by atoms with Crippen molar-refractivity contribution in [2.75, 3.05) is 0 Å². The monoisotopic (exact) mass is 448 g/mol. The van der Waals surface area contributed by atoms with Crippen LogP contribution < -0.4 is 4.74 Å². The van der Waals surface area contributed by atoms with Gasteiger partial charge in [-0.05, 0) is 62.1 Å². The molecule has 0 unspecified atom stereocenters. The van der Waals surface area contributed by atoms with Gasteiger partial charge in [0.2, 0.25) is 5.79 Å². The zero-order chi connectivity index (χ0) is 23.6. The Kier molecular flexibility index (Phi) is 7.57. The van der Waals surface area contributed by atoms with Gasteiger partial charge in [0.05, 0.1) is 18.8 Å². The molecule has 1 aliphatic heterocycles. The van der Waals surface area contributed by atoms with Crippen molar-refractivity contribution in [3.05, 3.63) is 64.7 Å². The summed E-state index contributed by atoms with van der Waals surface area (Å²) in [5.41, 5.74) is 2.06. The highest BCUT2D eigenvalue weighted by Crippen LogP contribution is 2.39. The van der Waals surface area contributed by atoms with Crippen LogP contribution in [0.1, 0.15) is 43.0 Å². The van der Waals surface area contributed by atoms with Gasteiger partial charge in [0.25, 0.3) is 0 Å². The van der Waals surface area contributed by atoms with Crippen LogP contribution >= 0.6 is 0 Å². The molecule has 3 rings (SSSR count). The van der Waals surface area contributed by atoms with Gasteiger partial charge >= 0.3 is 0 Å². The van der Waals surface area contributed by atoms with E-state index in [9.17, 15) is 30.6 Å². The molecule has 1 saturated heterocycles. The van der Waals surface area contributed by atoms with Gasteiger partial charge in [-0.3, -0.25) is 0 Å². The molecule has 2 aromatic rings. The van der Waals surface area contributed by atoms with Crippen LogP contribution in [0.3, 0.4) is 0 Å². The molecule has 0 aromatic heterocycles. The Morgan fingerprint density at radius 1 is 0.969 bits per heavy atom. The van der Waals surface area contributed by atoms with Crippen LogP contribution in [0.5, 0.6) is 5.75 Å².